The lowest BCUT2D eigenvalue weighted by Crippen LogP contribution is -2.54. The number of hydrogen-bond acceptors (Lipinski definition) is 8. The van der Waals surface area contributed by atoms with E-state index in [1.165, 1.54) is 0 Å². The van der Waals surface area contributed by atoms with Crippen LogP contribution in [0, 0.1) is 22.7 Å². The average Bonchev–Trinajstić information content (AvgIpc) is 2.82. The summed E-state index contributed by atoms with van der Waals surface area (Å²) in [6.45, 7) is 2.19. The number of anilines is 1. The number of aromatic nitrogens is 1. The van der Waals surface area contributed by atoms with Crippen LogP contribution in [0.5, 0.6) is 0 Å². The molecule has 1 aromatic heterocycles. The number of carbonyl (C=O) groups excluding carboxylic acids is 1. The van der Waals surface area contributed by atoms with Crippen LogP contribution in [0.1, 0.15) is 40.8 Å². The first-order valence-electron chi connectivity index (χ1n) is 10.6. The van der Waals surface area contributed by atoms with Crippen molar-refractivity contribution >= 4 is 29.6 Å². The number of benzene rings is 1. The van der Waals surface area contributed by atoms with E-state index < -0.39 is 29.4 Å². The smallest absolute Gasteiger partial charge is 0.404 e. The minimum atomic E-state index is -1.22. The number of aliphatic hydroxyl groups excluding tert-OH is 1. The Morgan fingerprint density at radius 3 is 2.50 bits per heavy atom. The van der Waals surface area contributed by atoms with Gasteiger partial charge >= 0.3 is 6.09 Å². The van der Waals surface area contributed by atoms with Crippen molar-refractivity contribution in [1.82, 2.24) is 10.3 Å². The van der Waals surface area contributed by atoms with Gasteiger partial charge in [-0.3, -0.25) is 4.79 Å². The lowest BCUT2D eigenvalue weighted by atomic mass is 9.98. The molecule has 1 fully saturated rings. The first-order chi connectivity index (χ1) is 16.3. The normalized spacial score (nSPS) is 18.4. The van der Waals surface area contributed by atoms with Crippen LogP contribution in [0.3, 0.4) is 0 Å². The predicted octanol–water partition coefficient (Wildman–Crippen LogP) is 1.91. The molecule has 1 aliphatic heterocycles. The maximum Gasteiger partial charge on any atom is 0.404 e. The molecule has 0 spiro atoms. The highest BCUT2D eigenvalue weighted by Gasteiger charge is 2.33. The number of aliphatic hydroxyl groups is 1. The van der Waals surface area contributed by atoms with Gasteiger partial charge in [0.2, 0.25) is 5.91 Å². The van der Waals surface area contributed by atoms with Crippen LogP contribution < -0.4 is 16.0 Å². The van der Waals surface area contributed by atoms with E-state index in [1.807, 2.05) is 13.0 Å². The number of nitriles is 2. The molecule has 2 amide bonds. The van der Waals surface area contributed by atoms with Gasteiger partial charge in [-0.15, -0.1) is 0 Å². The zero-order valence-electron chi connectivity index (χ0n) is 18.4. The van der Waals surface area contributed by atoms with Crippen molar-refractivity contribution in [3.63, 3.8) is 0 Å². The van der Waals surface area contributed by atoms with Crippen LogP contribution in [0.15, 0.2) is 35.4 Å². The monoisotopic (exact) mass is 480 g/mol. The third-order valence-electron chi connectivity index (χ3n) is 5.61. The van der Waals surface area contributed by atoms with Crippen molar-refractivity contribution in [2.75, 3.05) is 18.0 Å². The Kier molecular flexibility index (Phi) is 7.95. The molecular weight excluding hydrogens is 456 g/mol. The second-order valence-corrected chi connectivity index (χ2v) is 8.81. The number of nitrogens with zero attached hydrogens (tertiary/aromatic N) is 4. The van der Waals surface area contributed by atoms with Crippen LogP contribution in [0.4, 0.5) is 10.6 Å². The number of pyridine rings is 1. The zero-order valence-corrected chi connectivity index (χ0v) is 19.2. The Labute approximate surface area is 201 Å². The van der Waals surface area contributed by atoms with Gasteiger partial charge in [-0.25, -0.2) is 9.78 Å². The van der Waals surface area contributed by atoms with Gasteiger partial charge in [-0.2, -0.15) is 10.5 Å². The molecule has 0 bridgehead atoms. The molecule has 0 unspecified atom stereocenters. The van der Waals surface area contributed by atoms with Gasteiger partial charge in [0, 0.05) is 13.1 Å². The van der Waals surface area contributed by atoms with Crippen LogP contribution in [0.2, 0.25) is 0 Å². The van der Waals surface area contributed by atoms with Crippen molar-refractivity contribution in [1.29, 1.82) is 10.5 Å². The molecule has 0 aliphatic carbocycles. The number of carboxylic acid groups (broad SMARTS) is 1. The number of thioether (sulfide) groups is 1. The number of hydrogen-bond donors (Lipinski definition) is 4. The minimum absolute atomic E-state index is 0.0454. The largest absolute Gasteiger partial charge is 0.465 e. The van der Waals surface area contributed by atoms with Gasteiger partial charge < -0.3 is 26.2 Å². The van der Waals surface area contributed by atoms with E-state index >= 15 is 0 Å². The van der Waals surface area contributed by atoms with E-state index in [-0.39, 0.29) is 28.5 Å². The Hall–Kier alpha value is -3.80. The Morgan fingerprint density at radius 1 is 1.29 bits per heavy atom. The van der Waals surface area contributed by atoms with Gasteiger partial charge in [-0.1, -0.05) is 49.0 Å². The maximum atomic E-state index is 12.3. The third-order valence-corrected chi connectivity index (χ3v) is 6.87. The summed E-state index contributed by atoms with van der Waals surface area (Å²) >= 11 is 1.04. The Morgan fingerprint density at radius 2 is 1.97 bits per heavy atom. The lowest BCUT2D eigenvalue weighted by Gasteiger charge is -2.37. The van der Waals surface area contributed by atoms with Crippen molar-refractivity contribution in [2.45, 2.75) is 42.2 Å². The molecule has 2 aromatic rings. The van der Waals surface area contributed by atoms with E-state index in [9.17, 15) is 25.2 Å². The highest BCUT2D eigenvalue weighted by molar-refractivity contribution is 8.00. The summed E-state index contributed by atoms with van der Waals surface area (Å²) in [6.07, 6.45) is -1.56. The van der Waals surface area contributed by atoms with Crippen molar-refractivity contribution in [3.8, 4) is 12.1 Å². The van der Waals surface area contributed by atoms with E-state index in [4.69, 9.17) is 10.8 Å². The topological polar surface area (TPSA) is 176 Å². The Bertz CT molecular complexity index is 1160. The van der Waals surface area contributed by atoms with E-state index in [0.29, 0.717) is 30.5 Å². The second kappa shape index (κ2) is 10.9. The molecule has 2 heterocycles. The van der Waals surface area contributed by atoms with Crippen molar-refractivity contribution < 1.29 is 19.8 Å². The fourth-order valence-corrected chi connectivity index (χ4v) is 5.04. The van der Waals surface area contributed by atoms with Crippen LogP contribution in [-0.2, 0) is 11.2 Å². The summed E-state index contributed by atoms with van der Waals surface area (Å²) in [7, 11) is 0. The number of carbonyl (C=O) groups is 2. The fraction of sp³-hybridized carbons (Fsp3) is 0.348. The fourth-order valence-electron chi connectivity index (χ4n) is 3.98. The summed E-state index contributed by atoms with van der Waals surface area (Å²) in [5.74, 6) is -0.313. The highest BCUT2D eigenvalue weighted by Crippen LogP contribution is 2.39. The molecule has 1 aliphatic rings. The van der Waals surface area contributed by atoms with Crippen LogP contribution in [-0.4, -0.2) is 52.4 Å². The highest BCUT2D eigenvalue weighted by atomic mass is 32.2. The third kappa shape index (κ3) is 5.22. The first kappa shape index (κ1) is 24.8. The van der Waals surface area contributed by atoms with Crippen LogP contribution in [0.25, 0.3) is 0 Å². The number of nitrogens with one attached hydrogen (secondary N) is 1. The molecule has 3 atom stereocenters. The number of nitrogens with two attached hydrogens (primary N) is 1. The molecule has 3 rings (SSSR count). The minimum Gasteiger partial charge on any atom is -0.465 e. The average molecular weight is 481 g/mol. The summed E-state index contributed by atoms with van der Waals surface area (Å²) in [5.41, 5.74) is 7.24. The van der Waals surface area contributed by atoms with E-state index in [0.717, 1.165) is 11.8 Å². The van der Waals surface area contributed by atoms with Gasteiger partial charge in [0.25, 0.3) is 0 Å². The lowest BCUT2D eigenvalue weighted by molar-refractivity contribution is -0.117. The number of piperidine rings is 1. The summed E-state index contributed by atoms with van der Waals surface area (Å²) < 4.78 is 0. The Balaban J connectivity index is 2.06. The molecule has 0 saturated carbocycles. The molecule has 5 N–H and O–H groups in total. The molecular formula is C23H24N6O4S. The van der Waals surface area contributed by atoms with Crippen LogP contribution >= 0.6 is 11.8 Å². The standard InChI is InChI=1S/C23H24N6O4S/c1-2-14-15(10-24)21(29-9-8-17(18(30)12-29)27-23(32)33)28-22(16(14)11-25)34-19(20(26)31)13-6-4-3-5-7-13/h3-7,17-19,27,30H,2,8-9,12H2,1H3,(H2,26,31)(H,32,33)/t17-,18+,19-/m1/s1. The summed E-state index contributed by atoms with van der Waals surface area (Å²) in [6, 6.07) is 12.5. The van der Waals surface area contributed by atoms with Crippen molar-refractivity contribution in [3.05, 3.63) is 52.6 Å². The number of rotatable bonds is 7. The molecule has 34 heavy (non-hydrogen) atoms. The molecule has 176 valence electrons. The molecule has 1 saturated heterocycles. The quantitative estimate of drug-likeness (QED) is 0.431. The van der Waals surface area contributed by atoms with Gasteiger partial charge in [-0.05, 0) is 24.0 Å². The maximum absolute atomic E-state index is 12.3. The van der Waals surface area contributed by atoms with E-state index in [2.05, 4.69) is 22.4 Å². The van der Waals surface area contributed by atoms with Gasteiger partial charge in [0.1, 0.15) is 28.2 Å². The molecule has 1 aromatic carbocycles. The van der Waals surface area contributed by atoms with Gasteiger partial charge in [0.15, 0.2) is 0 Å². The predicted molar refractivity (Wildman–Crippen MR) is 125 cm³/mol. The summed E-state index contributed by atoms with van der Waals surface area (Å²) in [4.78, 5) is 29.6. The molecule has 0 radical (unpaired) electrons. The molecule has 11 heteroatoms. The zero-order chi connectivity index (χ0) is 24.8. The summed E-state index contributed by atoms with van der Waals surface area (Å²) in [5, 5.41) is 41.0. The molecule has 10 nitrogen and oxygen atoms in total. The number of primary amides is 1. The second-order valence-electron chi connectivity index (χ2n) is 7.72. The number of amides is 2. The first-order valence-corrected chi connectivity index (χ1v) is 11.5. The van der Waals surface area contributed by atoms with Crippen molar-refractivity contribution in [2.24, 2.45) is 5.73 Å². The number of β-amino-alcohol motifs (C(OH)–C–C–N with tert-alkyl or cyclic N) is 1. The van der Waals surface area contributed by atoms with Gasteiger partial charge in [0.05, 0.1) is 23.3 Å². The SMILES string of the molecule is CCc1c(C#N)c(S[C@@H](C(N)=O)c2ccccc2)nc(N2CC[C@@H](NC(=O)O)[C@@H](O)C2)c1C#N. The van der Waals surface area contributed by atoms with E-state index in [1.54, 1.807) is 29.2 Å².